The van der Waals surface area contributed by atoms with Gasteiger partial charge in [0.1, 0.15) is 11.6 Å². The topological polar surface area (TPSA) is 41.1 Å². The Morgan fingerprint density at radius 1 is 1.05 bits per heavy atom. The standard InChI is InChI=1S/C15H14F2N2O/c1-10-5-12(17)8-14(6-10)18-9-15(20)19-13-4-2-3-11(16)7-13/h2-8,18H,9H2,1H3,(H,19,20). The van der Waals surface area contributed by atoms with E-state index < -0.39 is 5.82 Å². The fourth-order valence-corrected chi connectivity index (χ4v) is 1.79. The molecular formula is C15H14F2N2O. The summed E-state index contributed by atoms with van der Waals surface area (Å²) in [5.74, 6) is -1.12. The molecule has 0 fully saturated rings. The number of hydrogen-bond acceptors (Lipinski definition) is 2. The number of amides is 1. The van der Waals surface area contributed by atoms with Crippen molar-refractivity contribution in [1.29, 1.82) is 0 Å². The van der Waals surface area contributed by atoms with Gasteiger partial charge in [-0.15, -0.1) is 0 Å². The fourth-order valence-electron chi connectivity index (χ4n) is 1.79. The molecule has 0 aliphatic heterocycles. The van der Waals surface area contributed by atoms with Crippen LogP contribution in [0.1, 0.15) is 5.56 Å². The normalized spacial score (nSPS) is 10.2. The van der Waals surface area contributed by atoms with E-state index in [0.29, 0.717) is 11.4 Å². The first-order valence-corrected chi connectivity index (χ1v) is 6.09. The summed E-state index contributed by atoms with van der Waals surface area (Å²) in [4.78, 5) is 11.7. The quantitative estimate of drug-likeness (QED) is 0.899. The third-order valence-corrected chi connectivity index (χ3v) is 2.60. The predicted octanol–water partition coefficient (Wildman–Crippen LogP) is 3.32. The van der Waals surface area contributed by atoms with Crippen molar-refractivity contribution in [2.75, 3.05) is 17.2 Å². The van der Waals surface area contributed by atoms with Gasteiger partial charge in [-0.3, -0.25) is 4.79 Å². The van der Waals surface area contributed by atoms with E-state index >= 15 is 0 Å². The van der Waals surface area contributed by atoms with Crippen LogP contribution in [-0.4, -0.2) is 12.5 Å². The minimum absolute atomic E-state index is 0.0284. The third kappa shape index (κ3) is 4.05. The molecule has 0 bridgehead atoms. The SMILES string of the molecule is Cc1cc(F)cc(NCC(=O)Nc2cccc(F)c2)c1. The number of halogens is 2. The Hall–Kier alpha value is -2.43. The van der Waals surface area contributed by atoms with Crippen LogP contribution in [-0.2, 0) is 4.79 Å². The highest BCUT2D eigenvalue weighted by Crippen LogP contribution is 2.13. The van der Waals surface area contributed by atoms with Crippen LogP contribution in [0.2, 0.25) is 0 Å². The average molecular weight is 276 g/mol. The number of nitrogens with one attached hydrogen (secondary N) is 2. The predicted molar refractivity (Wildman–Crippen MR) is 74.7 cm³/mol. The summed E-state index contributed by atoms with van der Waals surface area (Å²) in [6.07, 6.45) is 0. The van der Waals surface area contributed by atoms with E-state index in [1.165, 1.54) is 30.3 Å². The second kappa shape index (κ2) is 6.14. The molecule has 0 aliphatic rings. The Labute approximate surface area is 115 Å². The number of rotatable bonds is 4. The summed E-state index contributed by atoms with van der Waals surface area (Å²) >= 11 is 0. The van der Waals surface area contributed by atoms with Crippen LogP contribution < -0.4 is 10.6 Å². The Morgan fingerprint density at radius 2 is 1.80 bits per heavy atom. The molecule has 0 atom stereocenters. The minimum Gasteiger partial charge on any atom is -0.376 e. The summed E-state index contributed by atoms with van der Waals surface area (Å²) in [5.41, 5.74) is 1.67. The van der Waals surface area contributed by atoms with Gasteiger partial charge in [-0.2, -0.15) is 0 Å². The van der Waals surface area contributed by atoms with Crippen molar-refractivity contribution >= 4 is 17.3 Å². The maximum absolute atomic E-state index is 13.2. The molecule has 0 saturated heterocycles. The maximum atomic E-state index is 13.2. The molecule has 1 amide bonds. The molecule has 0 aromatic heterocycles. The molecule has 2 N–H and O–H groups in total. The van der Waals surface area contributed by atoms with Gasteiger partial charge in [-0.05, 0) is 48.9 Å². The van der Waals surface area contributed by atoms with Gasteiger partial charge in [0.15, 0.2) is 0 Å². The monoisotopic (exact) mass is 276 g/mol. The van der Waals surface area contributed by atoms with Gasteiger partial charge >= 0.3 is 0 Å². The molecule has 0 spiro atoms. The van der Waals surface area contributed by atoms with Crippen LogP contribution in [0.15, 0.2) is 42.5 Å². The molecule has 2 aromatic rings. The zero-order valence-electron chi connectivity index (χ0n) is 10.9. The number of carbonyl (C=O) groups is 1. The minimum atomic E-state index is -0.420. The number of hydrogen-bond donors (Lipinski definition) is 2. The number of carbonyl (C=O) groups excluding carboxylic acids is 1. The first-order chi connectivity index (χ1) is 9.52. The summed E-state index contributed by atoms with van der Waals surface area (Å²) in [7, 11) is 0. The number of benzene rings is 2. The summed E-state index contributed by atoms with van der Waals surface area (Å²) in [5, 5.41) is 5.36. The van der Waals surface area contributed by atoms with Gasteiger partial charge in [-0.25, -0.2) is 8.78 Å². The van der Waals surface area contributed by atoms with E-state index in [0.717, 1.165) is 5.56 Å². The smallest absolute Gasteiger partial charge is 0.243 e. The lowest BCUT2D eigenvalue weighted by Gasteiger charge is -2.08. The van der Waals surface area contributed by atoms with Gasteiger partial charge < -0.3 is 10.6 Å². The number of anilines is 2. The molecule has 0 aliphatic carbocycles. The molecule has 0 saturated carbocycles. The van der Waals surface area contributed by atoms with E-state index in [2.05, 4.69) is 10.6 Å². The highest BCUT2D eigenvalue weighted by atomic mass is 19.1. The molecule has 0 heterocycles. The number of aryl methyl sites for hydroxylation is 1. The van der Waals surface area contributed by atoms with Crippen molar-refractivity contribution < 1.29 is 13.6 Å². The summed E-state index contributed by atoms with van der Waals surface area (Å²) < 4.78 is 26.1. The summed E-state index contributed by atoms with van der Waals surface area (Å²) in [6.45, 7) is 1.74. The Balaban J connectivity index is 1.92. The van der Waals surface area contributed by atoms with Gasteiger partial charge in [0.25, 0.3) is 0 Å². The second-order valence-electron chi connectivity index (χ2n) is 4.43. The Kier molecular flexibility index (Phi) is 4.30. The Morgan fingerprint density at radius 3 is 2.50 bits per heavy atom. The van der Waals surface area contributed by atoms with Crippen LogP contribution in [0, 0.1) is 18.6 Å². The van der Waals surface area contributed by atoms with Crippen LogP contribution in [0.25, 0.3) is 0 Å². The van der Waals surface area contributed by atoms with Crippen LogP contribution in [0.3, 0.4) is 0 Å². The fraction of sp³-hybridized carbons (Fsp3) is 0.133. The van der Waals surface area contributed by atoms with Crippen LogP contribution in [0.5, 0.6) is 0 Å². The van der Waals surface area contributed by atoms with E-state index in [1.807, 2.05) is 0 Å². The first-order valence-electron chi connectivity index (χ1n) is 6.09. The molecule has 2 rings (SSSR count). The van der Waals surface area contributed by atoms with Gasteiger partial charge in [-0.1, -0.05) is 6.07 Å². The molecule has 0 unspecified atom stereocenters. The van der Waals surface area contributed by atoms with Crippen molar-refractivity contribution in [3.63, 3.8) is 0 Å². The Bertz CT molecular complexity index is 609. The lowest BCUT2D eigenvalue weighted by molar-refractivity contribution is -0.114. The lowest BCUT2D eigenvalue weighted by Crippen LogP contribution is -2.21. The van der Waals surface area contributed by atoms with Gasteiger partial charge in [0, 0.05) is 11.4 Å². The second-order valence-corrected chi connectivity index (χ2v) is 4.43. The highest BCUT2D eigenvalue weighted by Gasteiger charge is 2.04. The third-order valence-electron chi connectivity index (χ3n) is 2.60. The first kappa shape index (κ1) is 14.0. The molecule has 0 radical (unpaired) electrons. The van der Waals surface area contributed by atoms with Crippen molar-refractivity contribution in [2.24, 2.45) is 0 Å². The highest BCUT2D eigenvalue weighted by molar-refractivity contribution is 5.93. The van der Waals surface area contributed by atoms with E-state index in [-0.39, 0.29) is 18.3 Å². The average Bonchev–Trinajstić information content (AvgIpc) is 2.35. The van der Waals surface area contributed by atoms with Gasteiger partial charge in [0.2, 0.25) is 5.91 Å². The van der Waals surface area contributed by atoms with Crippen molar-refractivity contribution in [1.82, 2.24) is 0 Å². The molecule has 3 nitrogen and oxygen atoms in total. The van der Waals surface area contributed by atoms with E-state index in [9.17, 15) is 13.6 Å². The van der Waals surface area contributed by atoms with Crippen LogP contribution in [0.4, 0.5) is 20.2 Å². The molecule has 104 valence electrons. The lowest BCUT2D eigenvalue weighted by atomic mass is 10.2. The summed E-state index contributed by atoms with van der Waals surface area (Å²) in [6, 6.07) is 10.1. The van der Waals surface area contributed by atoms with Crippen molar-refractivity contribution in [2.45, 2.75) is 6.92 Å². The molecule has 2 aromatic carbocycles. The van der Waals surface area contributed by atoms with E-state index in [4.69, 9.17) is 0 Å². The maximum Gasteiger partial charge on any atom is 0.243 e. The largest absolute Gasteiger partial charge is 0.376 e. The molecule has 5 heteroatoms. The van der Waals surface area contributed by atoms with Gasteiger partial charge in [0.05, 0.1) is 6.54 Å². The molecule has 20 heavy (non-hydrogen) atoms. The zero-order valence-corrected chi connectivity index (χ0v) is 10.9. The van der Waals surface area contributed by atoms with E-state index in [1.54, 1.807) is 19.1 Å². The molecular weight excluding hydrogens is 262 g/mol. The zero-order chi connectivity index (χ0) is 14.5. The van der Waals surface area contributed by atoms with Crippen molar-refractivity contribution in [3.8, 4) is 0 Å². The van der Waals surface area contributed by atoms with Crippen molar-refractivity contribution in [3.05, 3.63) is 59.7 Å². The van der Waals surface area contributed by atoms with Crippen LogP contribution >= 0.6 is 0 Å².